The SMILES string of the molecule is CC1(F)CCN(C/C=C/Cl)C1. The van der Waals surface area contributed by atoms with Crippen LogP contribution in [0.2, 0.25) is 0 Å². The van der Waals surface area contributed by atoms with Crippen molar-refractivity contribution in [3.63, 3.8) is 0 Å². The third-order valence-electron chi connectivity index (χ3n) is 1.96. The molecule has 0 aromatic carbocycles. The first-order chi connectivity index (χ1) is 5.14. The molecular weight excluding hydrogens is 165 g/mol. The van der Waals surface area contributed by atoms with Gasteiger partial charge >= 0.3 is 0 Å². The summed E-state index contributed by atoms with van der Waals surface area (Å²) >= 11 is 5.35. The molecule has 0 aromatic rings. The number of nitrogens with zero attached hydrogens (tertiary/aromatic N) is 1. The molecule has 1 fully saturated rings. The zero-order valence-electron chi connectivity index (χ0n) is 6.69. The summed E-state index contributed by atoms with van der Waals surface area (Å²) in [5.74, 6) is 0. The molecule has 1 rings (SSSR count). The minimum absolute atomic E-state index is 0.536. The lowest BCUT2D eigenvalue weighted by Crippen LogP contribution is -2.26. The summed E-state index contributed by atoms with van der Waals surface area (Å²) in [6.07, 6.45) is 2.48. The van der Waals surface area contributed by atoms with E-state index < -0.39 is 5.67 Å². The van der Waals surface area contributed by atoms with Gasteiger partial charge < -0.3 is 0 Å². The molecule has 1 nitrogen and oxygen atoms in total. The van der Waals surface area contributed by atoms with Crippen LogP contribution in [-0.2, 0) is 0 Å². The van der Waals surface area contributed by atoms with Gasteiger partial charge in [0, 0.05) is 25.2 Å². The van der Waals surface area contributed by atoms with E-state index in [4.69, 9.17) is 11.6 Å². The van der Waals surface area contributed by atoms with Gasteiger partial charge in [0.05, 0.1) is 0 Å². The number of hydrogen-bond donors (Lipinski definition) is 0. The molecule has 1 atom stereocenters. The highest BCUT2D eigenvalue weighted by molar-refractivity contribution is 6.25. The molecule has 0 aromatic heterocycles. The van der Waals surface area contributed by atoms with Crippen LogP contribution in [0.1, 0.15) is 13.3 Å². The van der Waals surface area contributed by atoms with E-state index in [1.807, 2.05) is 6.08 Å². The van der Waals surface area contributed by atoms with Gasteiger partial charge in [-0.15, -0.1) is 0 Å². The Morgan fingerprint density at radius 2 is 2.45 bits per heavy atom. The molecule has 1 unspecified atom stereocenters. The highest BCUT2D eigenvalue weighted by atomic mass is 35.5. The molecule has 1 heterocycles. The molecule has 0 amide bonds. The van der Waals surface area contributed by atoms with Crippen LogP contribution in [0.3, 0.4) is 0 Å². The normalized spacial score (nSPS) is 33.7. The second kappa shape index (κ2) is 3.55. The van der Waals surface area contributed by atoms with Gasteiger partial charge in [-0.3, -0.25) is 4.90 Å². The van der Waals surface area contributed by atoms with Crippen molar-refractivity contribution in [1.29, 1.82) is 0 Å². The molecule has 1 saturated heterocycles. The highest BCUT2D eigenvalue weighted by Crippen LogP contribution is 2.24. The Hall–Kier alpha value is -0.0800. The van der Waals surface area contributed by atoms with Crippen molar-refractivity contribution in [2.24, 2.45) is 0 Å². The van der Waals surface area contributed by atoms with Gasteiger partial charge in [-0.05, 0) is 13.3 Å². The lowest BCUT2D eigenvalue weighted by atomic mass is 10.1. The molecule has 0 spiro atoms. The van der Waals surface area contributed by atoms with E-state index in [1.165, 1.54) is 5.54 Å². The van der Waals surface area contributed by atoms with Crippen molar-refractivity contribution >= 4 is 11.6 Å². The molecule has 1 aliphatic heterocycles. The van der Waals surface area contributed by atoms with Gasteiger partial charge in [-0.25, -0.2) is 4.39 Å². The van der Waals surface area contributed by atoms with Gasteiger partial charge in [0.1, 0.15) is 5.67 Å². The predicted molar refractivity (Wildman–Crippen MR) is 45.6 cm³/mol. The first-order valence-corrected chi connectivity index (χ1v) is 4.24. The maximum Gasteiger partial charge on any atom is 0.122 e. The quantitative estimate of drug-likeness (QED) is 0.625. The monoisotopic (exact) mass is 177 g/mol. The third-order valence-corrected chi connectivity index (χ3v) is 2.13. The lowest BCUT2D eigenvalue weighted by molar-refractivity contribution is 0.194. The van der Waals surface area contributed by atoms with Crippen molar-refractivity contribution < 1.29 is 4.39 Å². The van der Waals surface area contributed by atoms with E-state index in [1.54, 1.807) is 6.92 Å². The van der Waals surface area contributed by atoms with Gasteiger partial charge in [0.25, 0.3) is 0 Å². The zero-order chi connectivity index (χ0) is 8.32. The van der Waals surface area contributed by atoms with E-state index in [-0.39, 0.29) is 0 Å². The van der Waals surface area contributed by atoms with Crippen LogP contribution in [0.5, 0.6) is 0 Å². The molecule has 0 bridgehead atoms. The number of rotatable bonds is 2. The van der Waals surface area contributed by atoms with E-state index in [0.717, 1.165) is 13.1 Å². The number of halogens is 2. The van der Waals surface area contributed by atoms with E-state index in [0.29, 0.717) is 13.0 Å². The highest BCUT2D eigenvalue weighted by Gasteiger charge is 2.32. The number of alkyl halides is 1. The van der Waals surface area contributed by atoms with Gasteiger partial charge in [-0.2, -0.15) is 0 Å². The molecule has 0 radical (unpaired) electrons. The summed E-state index contributed by atoms with van der Waals surface area (Å²) in [6, 6.07) is 0. The average Bonchev–Trinajstić information content (AvgIpc) is 2.26. The molecule has 3 heteroatoms. The van der Waals surface area contributed by atoms with E-state index in [9.17, 15) is 4.39 Å². The summed E-state index contributed by atoms with van der Waals surface area (Å²) in [5, 5.41) is 0. The Labute approximate surface area is 71.8 Å². The molecule has 0 saturated carbocycles. The predicted octanol–water partition coefficient (Wildman–Crippen LogP) is 2.17. The third kappa shape index (κ3) is 2.80. The topological polar surface area (TPSA) is 3.24 Å². The number of likely N-dealkylation sites (tertiary alicyclic amines) is 1. The fourth-order valence-corrected chi connectivity index (χ4v) is 1.44. The largest absolute Gasteiger partial charge is 0.296 e. The summed E-state index contributed by atoms with van der Waals surface area (Å²) in [5.41, 5.74) is 0.494. The van der Waals surface area contributed by atoms with Crippen LogP contribution in [0, 0.1) is 0 Å². The Bertz CT molecular complexity index is 156. The fraction of sp³-hybridized carbons (Fsp3) is 0.750. The average molecular weight is 178 g/mol. The molecule has 1 aliphatic rings. The zero-order valence-corrected chi connectivity index (χ0v) is 7.44. The maximum absolute atomic E-state index is 13.2. The Balaban J connectivity index is 2.30. The van der Waals surface area contributed by atoms with E-state index in [2.05, 4.69) is 4.90 Å². The summed E-state index contributed by atoms with van der Waals surface area (Å²) in [6.45, 7) is 3.79. The van der Waals surface area contributed by atoms with Crippen molar-refractivity contribution in [3.8, 4) is 0 Å². The first kappa shape index (κ1) is 9.01. The van der Waals surface area contributed by atoms with Gasteiger partial charge in [0.15, 0.2) is 0 Å². The summed E-state index contributed by atoms with van der Waals surface area (Å²) < 4.78 is 13.2. The molecule has 0 N–H and O–H groups in total. The standard InChI is InChI=1S/C8H13ClFN/c1-8(10)3-6-11(7-8)5-2-4-9/h2,4H,3,5-7H2,1H3/b4-2+. The van der Waals surface area contributed by atoms with Crippen molar-refractivity contribution in [3.05, 3.63) is 11.6 Å². The van der Waals surface area contributed by atoms with Crippen LogP contribution < -0.4 is 0 Å². The first-order valence-electron chi connectivity index (χ1n) is 3.80. The van der Waals surface area contributed by atoms with Crippen molar-refractivity contribution in [1.82, 2.24) is 4.90 Å². The van der Waals surface area contributed by atoms with Gasteiger partial charge in [0.2, 0.25) is 0 Å². The second-order valence-electron chi connectivity index (χ2n) is 3.26. The second-order valence-corrected chi connectivity index (χ2v) is 3.51. The Morgan fingerprint density at radius 3 is 2.91 bits per heavy atom. The Kier molecular flexibility index (Phi) is 2.90. The minimum atomic E-state index is -0.986. The van der Waals surface area contributed by atoms with E-state index >= 15 is 0 Å². The lowest BCUT2D eigenvalue weighted by Gasteiger charge is -2.14. The molecule has 11 heavy (non-hydrogen) atoms. The van der Waals surface area contributed by atoms with Crippen LogP contribution in [-0.4, -0.2) is 30.2 Å². The van der Waals surface area contributed by atoms with Gasteiger partial charge in [-0.1, -0.05) is 17.7 Å². The number of hydrogen-bond acceptors (Lipinski definition) is 1. The summed E-state index contributed by atoms with van der Waals surface area (Å²) in [4.78, 5) is 2.05. The molecule has 64 valence electrons. The van der Waals surface area contributed by atoms with Crippen LogP contribution >= 0.6 is 11.6 Å². The van der Waals surface area contributed by atoms with Crippen LogP contribution in [0.4, 0.5) is 4.39 Å². The Morgan fingerprint density at radius 1 is 1.73 bits per heavy atom. The molecular formula is C8H13ClFN. The van der Waals surface area contributed by atoms with Crippen LogP contribution in [0.15, 0.2) is 11.6 Å². The fourth-order valence-electron chi connectivity index (χ4n) is 1.36. The van der Waals surface area contributed by atoms with Crippen molar-refractivity contribution in [2.75, 3.05) is 19.6 Å². The summed E-state index contributed by atoms with van der Waals surface area (Å²) in [7, 11) is 0. The maximum atomic E-state index is 13.2. The molecule has 0 aliphatic carbocycles. The smallest absolute Gasteiger partial charge is 0.122 e. The van der Waals surface area contributed by atoms with Crippen molar-refractivity contribution in [2.45, 2.75) is 19.0 Å². The van der Waals surface area contributed by atoms with Crippen LogP contribution in [0.25, 0.3) is 0 Å². The minimum Gasteiger partial charge on any atom is -0.296 e.